The third kappa shape index (κ3) is 4.70. The molecule has 1 saturated carbocycles. The van der Waals surface area contributed by atoms with E-state index in [0.29, 0.717) is 19.1 Å². The Bertz CT molecular complexity index is 539. The molecule has 1 heterocycles. The molecule has 1 aromatic heterocycles. The van der Waals surface area contributed by atoms with Crippen LogP contribution in [-0.4, -0.2) is 64.7 Å². The Labute approximate surface area is 134 Å². The number of carbonyl (C=O) groups excluding carboxylic acids is 1. The summed E-state index contributed by atoms with van der Waals surface area (Å²) in [6, 6.07) is 0.564. The number of aryl methyl sites for hydroxylation is 1. The molecular weight excluding hydrogens is 309 g/mol. The van der Waals surface area contributed by atoms with Gasteiger partial charge in [0, 0.05) is 52.0 Å². The third-order valence-corrected chi connectivity index (χ3v) is 4.33. The maximum absolute atomic E-state index is 13.3. The minimum Gasteiger partial charge on any atom is -0.344 e. The molecule has 0 saturated heterocycles. The molecule has 0 aromatic carbocycles. The molecule has 2 rings (SSSR count). The van der Waals surface area contributed by atoms with E-state index in [1.807, 2.05) is 7.05 Å². The first kappa shape index (κ1) is 17.8. The minimum absolute atomic E-state index is 0.130. The average molecular weight is 332 g/mol. The first-order valence-corrected chi connectivity index (χ1v) is 7.68. The molecule has 1 amide bonds. The van der Waals surface area contributed by atoms with Crippen LogP contribution in [0.2, 0.25) is 0 Å². The highest BCUT2D eigenvalue weighted by Gasteiger charge is 2.44. The molecule has 1 aliphatic rings. The minimum atomic E-state index is -4.50. The predicted octanol–water partition coefficient (Wildman–Crippen LogP) is 2.01. The molecule has 5 nitrogen and oxygen atoms in total. The van der Waals surface area contributed by atoms with Crippen molar-refractivity contribution in [3.8, 4) is 0 Å². The van der Waals surface area contributed by atoms with Crippen LogP contribution in [0.1, 0.15) is 31.0 Å². The predicted molar refractivity (Wildman–Crippen MR) is 79.9 cm³/mol. The lowest BCUT2D eigenvalue weighted by atomic mass is 10.0. The lowest BCUT2D eigenvalue weighted by molar-refractivity contribution is -0.161. The Morgan fingerprint density at radius 3 is 2.52 bits per heavy atom. The molecule has 0 N–H and O–H groups in total. The molecule has 0 spiro atoms. The lowest BCUT2D eigenvalue weighted by Gasteiger charge is -2.25. The Hall–Kier alpha value is -1.57. The molecule has 1 fully saturated rings. The first-order valence-electron chi connectivity index (χ1n) is 7.68. The van der Waals surface area contributed by atoms with Crippen LogP contribution in [0.25, 0.3) is 0 Å². The number of likely N-dealkylation sites (N-methyl/N-ethyl adjacent to an activating group) is 2. The number of hydrogen-bond acceptors (Lipinski definition) is 3. The van der Waals surface area contributed by atoms with Gasteiger partial charge in [-0.1, -0.05) is 0 Å². The molecule has 8 heteroatoms. The van der Waals surface area contributed by atoms with Crippen molar-refractivity contribution in [1.29, 1.82) is 0 Å². The maximum atomic E-state index is 13.3. The van der Waals surface area contributed by atoms with E-state index in [2.05, 4.69) is 9.88 Å². The van der Waals surface area contributed by atoms with Gasteiger partial charge in [-0.2, -0.15) is 13.2 Å². The van der Waals surface area contributed by atoms with Gasteiger partial charge in [-0.25, -0.2) is 4.98 Å². The fraction of sp³-hybridized carbons (Fsp3) is 0.733. The van der Waals surface area contributed by atoms with E-state index in [-0.39, 0.29) is 5.82 Å². The Morgan fingerprint density at radius 2 is 2.04 bits per heavy atom. The summed E-state index contributed by atoms with van der Waals surface area (Å²) < 4.78 is 41.2. The highest BCUT2D eigenvalue weighted by Crippen LogP contribution is 2.36. The van der Waals surface area contributed by atoms with Crippen LogP contribution >= 0.6 is 0 Å². The van der Waals surface area contributed by atoms with E-state index in [1.165, 1.54) is 28.9 Å². The van der Waals surface area contributed by atoms with Crippen LogP contribution in [0.4, 0.5) is 13.2 Å². The topological polar surface area (TPSA) is 41.4 Å². The summed E-state index contributed by atoms with van der Waals surface area (Å²) in [5.41, 5.74) is 0. The number of aromatic nitrogens is 2. The fourth-order valence-corrected chi connectivity index (χ4v) is 2.53. The third-order valence-electron chi connectivity index (χ3n) is 4.33. The van der Waals surface area contributed by atoms with Crippen molar-refractivity contribution < 1.29 is 18.0 Å². The standard InChI is InChI=1S/C15H23F3N4O/c1-20(11-4-5-11)8-9-21(2)13(23)10-12(15(16,17)18)14-19-6-7-22(14)3/h6-7,11-12H,4-5,8-10H2,1-3H3. The smallest absolute Gasteiger partial charge is 0.344 e. The van der Waals surface area contributed by atoms with Gasteiger partial charge in [0.1, 0.15) is 11.7 Å². The fourth-order valence-electron chi connectivity index (χ4n) is 2.53. The van der Waals surface area contributed by atoms with Gasteiger partial charge in [0.05, 0.1) is 0 Å². The van der Waals surface area contributed by atoms with Gasteiger partial charge in [-0.05, 0) is 19.9 Å². The van der Waals surface area contributed by atoms with Crippen LogP contribution in [0, 0.1) is 0 Å². The molecule has 1 aromatic rings. The van der Waals surface area contributed by atoms with E-state index in [9.17, 15) is 18.0 Å². The number of nitrogens with zero attached hydrogens (tertiary/aromatic N) is 4. The molecule has 0 bridgehead atoms. The quantitative estimate of drug-likeness (QED) is 0.767. The second-order valence-corrected chi connectivity index (χ2v) is 6.22. The van der Waals surface area contributed by atoms with Crippen molar-refractivity contribution >= 4 is 5.91 Å². The van der Waals surface area contributed by atoms with Crippen molar-refractivity contribution in [2.24, 2.45) is 7.05 Å². The highest BCUT2D eigenvalue weighted by atomic mass is 19.4. The second kappa shape index (κ2) is 6.90. The van der Waals surface area contributed by atoms with Gasteiger partial charge in [-0.15, -0.1) is 0 Å². The summed E-state index contributed by atoms with van der Waals surface area (Å²) in [5.74, 6) is -2.52. The van der Waals surface area contributed by atoms with Gasteiger partial charge < -0.3 is 14.4 Å². The van der Waals surface area contributed by atoms with Crippen molar-refractivity contribution in [2.75, 3.05) is 27.2 Å². The zero-order chi connectivity index (χ0) is 17.2. The van der Waals surface area contributed by atoms with E-state index in [0.717, 1.165) is 12.8 Å². The van der Waals surface area contributed by atoms with Crippen molar-refractivity contribution in [3.05, 3.63) is 18.2 Å². The molecule has 130 valence electrons. The molecule has 0 radical (unpaired) electrons. The monoisotopic (exact) mass is 332 g/mol. The molecule has 1 atom stereocenters. The number of imidazole rings is 1. The van der Waals surface area contributed by atoms with Gasteiger partial charge in [-0.3, -0.25) is 4.79 Å². The van der Waals surface area contributed by atoms with Crippen LogP contribution in [0.15, 0.2) is 12.4 Å². The molecular formula is C15H23F3N4O. The van der Waals surface area contributed by atoms with Crippen LogP contribution < -0.4 is 0 Å². The SMILES string of the molecule is CN(CCN(C)C1CC1)C(=O)CC(c1nccn1C)C(F)(F)F. The summed E-state index contributed by atoms with van der Waals surface area (Å²) in [6.07, 6.45) is -0.0366. The number of halogens is 3. The van der Waals surface area contributed by atoms with Crippen molar-refractivity contribution in [2.45, 2.75) is 37.4 Å². The Kier molecular flexibility index (Phi) is 5.33. The largest absolute Gasteiger partial charge is 0.399 e. The summed E-state index contributed by atoms with van der Waals surface area (Å²) in [4.78, 5) is 19.5. The highest BCUT2D eigenvalue weighted by molar-refractivity contribution is 5.76. The number of amides is 1. The zero-order valence-corrected chi connectivity index (χ0v) is 13.7. The van der Waals surface area contributed by atoms with Gasteiger partial charge >= 0.3 is 6.18 Å². The normalized spacial score (nSPS) is 16.7. The van der Waals surface area contributed by atoms with E-state index in [4.69, 9.17) is 0 Å². The zero-order valence-electron chi connectivity index (χ0n) is 13.7. The van der Waals surface area contributed by atoms with Crippen LogP contribution in [0.5, 0.6) is 0 Å². The van der Waals surface area contributed by atoms with E-state index < -0.39 is 24.4 Å². The van der Waals surface area contributed by atoms with Gasteiger partial charge in [0.15, 0.2) is 0 Å². The maximum Gasteiger partial charge on any atom is 0.399 e. The first-order chi connectivity index (χ1) is 10.7. The number of rotatable bonds is 7. The summed E-state index contributed by atoms with van der Waals surface area (Å²) in [5, 5.41) is 0. The lowest BCUT2D eigenvalue weighted by Crippen LogP contribution is -2.37. The summed E-state index contributed by atoms with van der Waals surface area (Å²) in [6.45, 7) is 1.10. The Morgan fingerprint density at radius 1 is 1.39 bits per heavy atom. The number of carbonyl (C=O) groups is 1. The van der Waals surface area contributed by atoms with E-state index >= 15 is 0 Å². The number of alkyl halides is 3. The Balaban J connectivity index is 1.95. The van der Waals surface area contributed by atoms with Crippen molar-refractivity contribution in [3.63, 3.8) is 0 Å². The molecule has 0 aliphatic heterocycles. The van der Waals surface area contributed by atoms with Gasteiger partial charge in [0.25, 0.3) is 0 Å². The second-order valence-electron chi connectivity index (χ2n) is 6.22. The average Bonchev–Trinajstić information content (AvgIpc) is 3.23. The molecule has 23 heavy (non-hydrogen) atoms. The van der Waals surface area contributed by atoms with Crippen molar-refractivity contribution in [1.82, 2.24) is 19.4 Å². The number of hydrogen-bond donors (Lipinski definition) is 0. The molecule has 1 aliphatic carbocycles. The summed E-state index contributed by atoms with van der Waals surface area (Å²) >= 11 is 0. The van der Waals surface area contributed by atoms with Gasteiger partial charge in [0.2, 0.25) is 5.91 Å². The van der Waals surface area contributed by atoms with Crippen LogP contribution in [-0.2, 0) is 11.8 Å². The van der Waals surface area contributed by atoms with Crippen LogP contribution in [0.3, 0.4) is 0 Å². The summed E-state index contributed by atoms with van der Waals surface area (Å²) in [7, 11) is 5.02. The van der Waals surface area contributed by atoms with E-state index in [1.54, 1.807) is 7.05 Å². The molecule has 1 unspecified atom stereocenters.